The van der Waals surface area contributed by atoms with Crippen LogP contribution in [-0.2, 0) is 16.0 Å². The zero-order chi connectivity index (χ0) is 17.6. The molecule has 2 N–H and O–H groups in total. The van der Waals surface area contributed by atoms with Crippen molar-refractivity contribution in [2.75, 3.05) is 26.4 Å². The standard InChI is InChI=1S/C17H20ClN3O3S/c1-11-16(12-2-4-13(18)5-3-12)21-15(25-11)9-20-17(22)19-8-14-10-23-6-7-24-14/h2-5,14H,6-10H2,1H3,(H2,19,20,22)/t14-/m1/s1. The van der Waals surface area contributed by atoms with Gasteiger partial charge in [0.05, 0.1) is 38.2 Å². The molecule has 6 nitrogen and oxygen atoms in total. The van der Waals surface area contributed by atoms with Crippen LogP contribution in [0, 0.1) is 6.92 Å². The lowest BCUT2D eigenvalue weighted by atomic mass is 10.1. The third-order valence-corrected chi connectivity index (χ3v) is 4.96. The zero-order valence-electron chi connectivity index (χ0n) is 13.9. The third kappa shape index (κ3) is 5.15. The van der Waals surface area contributed by atoms with Crippen LogP contribution in [0.5, 0.6) is 0 Å². The number of urea groups is 1. The summed E-state index contributed by atoms with van der Waals surface area (Å²) in [5, 5.41) is 7.16. The van der Waals surface area contributed by atoms with E-state index in [0.717, 1.165) is 21.1 Å². The molecule has 0 unspecified atom stereocenters. The molecule has 1 fully saturated rings. The number of carbonyl (C=O) groups excluding carboxylic acids is 1. The number of nitrogens with zero attached hydrogens (tertiary/aromatic N) is 1. The first-order valence-electron chi connectivity index (χ1n) is 8.05. The second-order valence-corrected chi connectivity index (χ2v) is 7.37. The summed E-state index contributed by atoms with van der Waals surface area (Å²) in [6.07, 6.45) is -0.0851. The number of aromatic nitrogens is 1. The molecule has 0 spiro atoms. The molecule has 0 aliphatic carbocycles. The summed E-state index contributed by atoms with van der Waals surface area (Å²) in [6.45, 7) is 4.52. The van der Waals surface area contributed by atoms with Gasteiger partial charge in [-0.2, -0.15) is 0 Å². The van der Waals surface area contributed by atoms with E-state index in [9.17, 15) is 4.79 Å². The first-order chi connectivity index (χ1) is 12.1. The van der Waals surface area contributed by atoms with Crippen LogP contribution in [0.3, 0.4) is 0 Å². The van der Waals surface area contributed by atoms with Crippen molar-refractivity contribution in [1.82, 2.24) is 15.6 Å². The predicted molar refractivity (Wildman–Crippen MR) is 98.1 cm³/mol. The first-order valence-corrected chi connectivity index (χ1v) is 9.24. The number of halogens is 1. The molecular weight excluding hydrogens is 362 g/mol. The number of hydrogen-bond donors (Lipinski definition) is 2. The van der Waals surface area contributed by atoms with E-state index in [1.54, 1.807) is 11.3 Å². The van der Waals surface area contributed by atoms with Gasteiger partial charge in [-0.05, 0) is 19.1 Å². The van der Waals surface area contributed by atoms with E-state index in [2.05, 4.69) is 15.6 Å². The van der Waals surface area contributed by atoms with Gasteiger partial charge in [-0.1, -0.05) is 23.7 Å². The molecule has 134 valence electrons. The number of rotatable bonds is 5. The van der Waals surface area contributed by atoms with Crippen molar-refractivity contribution in [3.8, 4) is 11.3 Å². The van der Waals surface area contributed by atoms with E-state index in [4.69, 9.17) is 21.1 Å². The summed E-state index contributed by atoms with van der Waals surface area (Å²) < 4.78 is 10.8. The lowest BCUT2D eigenvalue weighted by molar-refractivity contribution is -0.0853. The molecule has 2 heterocycles. The van der Waals surface area contributed by atoms with Gasteiger partial charge < -0.3 is 20.1 Å². The molecule has 25 heavy (non-hydrogen) atoms. The molecule has 0 bridgehead atoms. The van der Waals surface area contributed by atoms with Crippen molar-refractivity contribution in [2.24, 2.45) is 0 Å². The number of benzene rings is 1. The fourth-order valence-electron chi connectivity index (χ4n) is 2.48. The predicted octanol–water partition coefficient (Wildman–Crippen LogP) is 2.99. The number of amides is 2. The van der Waals surface area contributed by atoms with Gasteiger partial charge in [0.1, 0.15) is 5.01 Å². The Morgan fingerprint density at radius 3 is 2.84 bits per heavy atom. The van der Waals surface area contributed by atoms with Crippen LogP contribution in [0.2, 0.25) is 5.02 Å². The maximum Gasteiger partial charge on any atom is 0.315 e. The smallest absolute Gasteiger partial charge is 0.315 e. The minimum Gasteiger partial charge on any atom is -0.376 e. The van der Waals surface area contributed by atoms with Crippen molar-refractivity contribution in [3.63, 3.8) is 0 Å². The lowest BCUT2D eigenvalue weighted by Crippen LogP contribution is -2.43. The highest BCUT2D eigenvalue weighted by atomic mass is 35.5. The van der Waals surface area contributed by atoms with Gasteiger partial charge >= 0.3 is 6.03 Å². The molecule has 2 aromatic rings. The van der Waals surface area contributed by atoms with Crippen LogP contribution < -0.4 is 10.6 Å². The van der Waals surface area contributed by atoms with E-state index >= 15 is 0 Å². The van der Waals surface area contributed by atoms with Gasteiger partial charge in [0.15, 0.2) is 0 Å². The number of hydrogen-bond acceptors (Lipinski definition) is 5. The molecule has 1 aliphatic heterocycles. The van der Waals surface area contributed by atoms with E-state index < -0.39 is 0 Å². The lowest BCUT2D eigenvalue weighted by Gasteiger charge is -2.23. The van der Waals surface area contributed by atoms with Crippen LogP contribution in [0.4, 0.5) is 4.79 Å². The Kier molecular flexibility index (Phi) is 6.25. The number of nitrogens with one attached hydrogen (secondary N) is 2. The fourth-order valence-corrected chi connectivity index (χ4v) is 3.50. The highest BCUT2D eigenvalue weighted by Gasteiger charge is 2.15. The summed E-state index contributed by atoms with van der Waals surface area (Å²) in [7, 11) is 0. The van der Waals surface area contributed by atoms with Gasteiger partial charge in [0, 0.05) is 22.0 Å². The Morgan fingerprint density at radius 1 is 1.32 bits per heavy atom. The molecule has 2 amide bonds. The second kappa shape index (κ2) is 8.62. The molecule has 8 heteroatoms. The normalized spacial score (nSPS) is 17.3. The minimum atomic E-state index is -0.241. The van der Waals surface area contributed by atoms with Crippen LogP contribution in [0.15, 0.2) is 24.3 Å². The van der Waals surface area contributed by atoms with Gasteiger partial charge in [-0.15, -0.1) is 11.3 Å². The molecule has 1 saturated heterocycles. The van der Waals surface area contributed by atoms with Crippen molar-refractivity contribution in [1.29, 1.82) is 0 Å². The average molecular weight is 382 g/mol. The summed E-state index contributed by atoms with van der Waals surface area (Å²) in [5.74, 6) is 0. The highest BCUT2D eigenvalue weighted by molar-refractivity contribution is 7.12. The minimum absolute atomic E-state index is 0.0851. The van der Waals surface area contributed by atoms with Gasteiger partial charge in [-0.25, -0.2) is 9.78 Å². The number of carbonyl (C=O) groups is 1. The fraction of sp³-hybridized carbons (Fsp3) is 0.412. The zero-order valence-corrected chi connectivity index (χ0v) is 15.5. The largest absolute Gasteiger partial charge is 0.376 e. The molecule has 1 aliphatic rings. The molecular formula is C17H20ClN3O3S. The first kappa shape index (κ1) is 18.1. The monoisotopic (exact) mass is 381 g/mol. The van der Waals surface area contributed by atoms with Gasteiger partial charge in [0.2, 0.25) is 0 Å². The topological polar surface area (TPSA) is 72.5 Å². The van der Waals surface area contributed by atoms with Gasteiger partial charge in [-0.3, -0.25) is 0 Å². The van der Waals surface area contributed by atoms with E-state index in [0.29, 0.717) is 37.9 Å². The number of ether oxygens (including phenoxy) is 2. The van der Waals surface area contributed by atoms with Gasteiger partial charge in [0.25, 0.3) is 0 Å². The van der Waals surface area contributed by atoms with Crippen molar-refractivity contribution < 1.29 is 14.3 Å². The van der Waals surface area contributed by atoms with Crippen molar-refractivity contribution in [2.45, 2.75) is 19.6 Å². The summed E-state index contributed by atoms with van der Waals surface area (Å²) in [6, 6.07) is 7.34. The number of thiazole rings is 1. The van der Waals surface area contributed by atoms with Crippen LogP contribution in [-0.4, -0.2) is 43.5 Å². The molecule has 0 radical (unpaired) electrons. The Labute approximate surface area is 155 Å². The van der Waals surface area contributed by atoms with Crippen molar-refractivity contribution in [3.05, 3.63) is 39.2 Å². The SMILES string of the molecule is Cc1sc(CNC(=O)NC[C@@H]2COCCO2)nc1-c1ccc(Cl)cc1. The molecule has 1 aromatic carbocycles. The molecule has 0 saturated carbocycles. The molecule has 1 aromatic heterocycles. The van der Waals surface area contributed by atoms with Crippen LogP contribution in [0.1, 0.15) is 9.88 Å². The second-order valence-electron chi connectivity index (χ2n) is 5.65. The summed E-state index contributed by atoms with van der Waals surface area (Å²) in [5.41, 5.74) is 1.94. The Bertz CT molecular complexity index is 714. The number of aryl methyl sites for hydroxylation is 1. The average Bonchev–Trinajstić information content (AvgIpc) is 3.00. The van der Waals surface area contributed by atoms with Crippen LogP contribution >= 0.6 is 22.9 Å². The Balaban J connectivity index is 1.50. The third-order valence-electron chi connectivity index (χ3n) is 3.73. The molecule has 3 rings (SSSR count). The van der Waals surface area contributed by atoms with E-state index in [1.165, 1.54) is 0 Å². The summed E-state index contributed by atoms with van der Waals surface area (Å²) >= 11 is 7.50. The highest BCUT2D eigenvalue weighted by Crippen LogP contribution is 2.28. The maximum atomic E-state index is 11.9. The Hall–Kier alpha value is -1.67. The van der Waals surface area contributed by atoms with Crippen molar-refractivity contribution >= 4 is 29.0 Å². The summed E-state index contributed by atoms with van der Waals surface area (Å²) in [4.78, 5) is 17.6. The Morgan fingerprint density at radius 2 is 2.12 bits per heavy atom. The molecule has 1 atom stereocenters. The van der Waals surface area contributed by atoms with Crippen LogP contribution in [0.25, 0.3) is 11.3 Å². The quantitative estimate of drug-likeness (QED) is 0.835. The van der Waals surface area contributed by atoms with E-state index in [1.807, 2.05) is 31.2 Å². The van der Waals surface area contributed by atoms with E-state index in [-0.39, 0.29) is 12.1 Å². The maximum absolute atomic E-state index is 11.9.